The molecule has 3 aromatic rings. The maximum absolute atomic E-state index is 11.5. The van der Waals surface area contributed by atoms with Gasteiger partial charge in [0, 0.05) is 18.2 Å². The van der Waals surface area contributed by atoms with Crippen molar-refractivity contribution in [2.75, 3.05) is 5.32 Å². The lowest BCUT2D eigenvalue weighted by Gasteiger charge is -2.39. The highest BCUT2D eigenvalue weighted by atomic mass is 32.2. The fourth-order valence-corrected chi connectivity index (χ4v) is 7.36. The van der Waals surface area contributed by atoms with Crippen molar-refractivity contribution in [3.63, 3.8) is 0 Å². The molecule has 0 saturated heterocycles. The van der Waals surface area contributed by atoms with E-state index in [-0.39, 0.29) is 29.1 Å². The van der Waals surface area contributed by atoms with Gasteiger partial charge in [-0.1, -0.05) is 51.1 Å². The first-order chi connectivity index (χ1) is 17.8. The van der Waals surface area contributed by atoms with Gasteiger partial charge in [-0.25, -0.2) is 9.97 Å². The highest BCUT2D eigenvalue weighted by Crippen LogP contribution is 2.45. The number of hydrogen-bond donors (Lipinski definition) is 2. The maximum Gasteiger partial charge on any atom is 0.287 e. The largest absolute Gasteiger partial charge is 0.413 e. The summed E-state index contributed by atoms with van der Waals surface area (Å²) in [5.74, 6) is 0.688. The lowest BCUT2D eigenvalue weighted by molar-refractivity contribution is 0.157. The van der Waals surface area contributed by atoms with Gasteiger partial charge in [0.15, 0.2) is 8.32 Å². The van der Waals surface area contributed by atoms with Crippen LogP contribution in [0.15, 0.2) is 54.3 Å². The van der Waals surface area contributed by atoms with Crippen molar-refractivity contribution in [1.29, 1.82) is 0 Å². The van der Waals surface area contributed by atoms with E-state index in [4.69, 9.17) is 4.43 Å². The second-order valence-corrected chi connectivity index (χ2v) is 18.2. The fourth-order valence-electron chi connectivity index (χ4n) is 5.58. The van der Waals surface area contributed by atoms with E-state index in [1.807, 2.05) is 0 Å². The van der Waals surface area contributed by atoms with Crippen molar-refractivity contribution in [3.05, 3.63) is 65.5 Å². The van der Waals surface area contributed by atoms with Gasteiger partial charge in [0.05, 0.1) is 22.9 Å². The minimum absolute atomic E-state index is 0.0230. The van der Waals surface area contributed by atoms with E-state index in [0.717, 1.165) is 41.5 Å². The molecule has 0 unspecified atom stereocenters. The fraction of sp³-hybridized carbons (Fsp3) is 0.500. The van der Waals surface area contributed by atoms with Crippen LogP contribution in [-0.2, 0) is 21.0 Å². The molecule has 2 heterocycles. The smallest absolute Gasteiger partial charge is 0.287 e. The number of aromatic nitrogens is 3. The van der Waals surface area contributed by atoms with Crippen molar-refractivity contribution in [2.45, 2.75) is 82.8 Å². The Bertz CT molecular complexity index is 1460. The van der Waals surface area contributed by atoms with Crippen molar-refractivity contribution in [1.82, 2.24) is 14.5 Å². The maximum atomic E-state index is 11.5. The normalized spacial score (nSPS) is 24.4. The second kappa shape index (κ2) is 9.89. The van der Waals surface area contributed by atoms with Crippen LogP contribution in [0.1, 0.15) is 63.2 Å². The van der Waals surface area contributed by atoms with Crippen molar-refractivity contribution < 1.29 is 17.4 Å². The number of benzene rings is 1. The van der Waals surface area contributed by atoms with Crippen LogP contribution in [0.5, 0.6) is 0 Å². The van der Waals surface area contributed by atoms with Crippen molar-refractivity contribution in [3.8, 4) is 0 Å². The monoisotopic (exact) mass is 554 g/mol. The van der Waals surface area contributed by atoms with E-state index in [0.29, 0.717) is 6.42 Å². The van der Waals surface area contributed by atoms with Gasteiger partial charge in [0.25, 0.3) is 10.1 Å². The summed E-state index contributed by atoms with van der Waals surface area (Å²) < 4.78 is 41.3. The summed E-state index contributed by atoms with van der Waals surface area (Å²) in [6, 6.07) is 10.9. The van der Waals surface area contributed by atoms with Gasteiger partial charge in [-0.15, -0.1) is 0 Å². The Balaban J connectivity index is 1.42. The molecule has 1 saturated carbocycles. The molecule has 2 N–H and O–H groups in total. The van der Waals surface area contributed by atoms with E-state index in [9.17, 15) is 13.0 Å². The van der Waals surface area contributed by atoms with Crippen LogP contribution >= 0.6 is 0 Å². The predicted molar refractivity (Wildman–Crippen MR) is 153 cm³/mol. The number of nitrogens with one attached hydrogen (secondary N) is 1. The van der Waals surface area contributed by atoms with Crippen LogP contribution in [0.4, 0.5) is 5.82 Å². The van der Waals surface area contributed by atoms with Crippen LogP contribution in [0.25, 0.3) is 11.0 Å². The lowest BCUT2D eigenvalue weighted by atomic mass is 10.1. The number of nitrogens with zero attached hydrogens (tertiary/aromatic N) is 3. The van der Waals surface area contributed by atoms with E-state index in [1.165, 1.54) is 11.1 Å². The predicted octanol–water partition coefficient (Wildman–Crippen LogP) is 6.27. The number of rotatable bonds is 7. The topological polar surface area (TPSA) is 106 Å². The Labute approximate surface area is 226 Å². The molecule has 0 spiro atoms. The third kappa shape index (κ3) is 5.45. The summed E-state index contributed by atoms with van der Waals surface area (Å²) in [5, 5.41) is 5.55. The first-order valence-corrected chi connectivity index (χ1v) is 17.7. The van der Waals surface area contributed by atoms with Gasteiger partial charge < -0.3 is 14.3 Å². The zero-order valence-electron chi connectivity index (χ0n) is 22.8. The van der Waals surface area contributed by atoms with Crippen LogP contribution in [-0.4, -0.2) is 41.9 Å². The molecule has 2 aromatic heterocycles. The number of anilines is 1. The summed E-state index contributed by atoms with van der Waals surface area (Å²) in [6.07, 6.45) is 8.62. The third-order valence-electron chi connectivity index (χ3n) is 8.62. The van der Waals surface area contributed by atoms with Crippen molar-refractivity contribution in [2.24, 2.45) is 5.92 Å². The first kappa shape index (κ1) is 27.0. The molecule has 10 heteroatoms. The molecule has 2 aliphatic rings. The van der Waals surface area contributed by atoms with Crippen LogP contribution in [0, 0.1) is 5.92 Å². The highest BCUT2D eigenvalue weighted by molar-refractivity contribution is 7.88. The Hall–Kier alpha value is -2.53. The van der Waals surface area contributed by atoms with Gasteiger partial charge in [-0.2, -0.15) is 8.42 Å². The highest BCUT2D eigenvalue weighted by Gasteiger charge is 2.44. The molecular weight excluding hydrogens is 516 g/mol. The standard InChI is InChI=1S/C28H38N4O4SSi/c1-28(2,3)38(4,5)36-25-17-21(16-20(25)13-15-37(33,34)35)32-14-12-23-26(29-18-30-27(23)32)31-24-11-10-19-8-6-7-9-22(19)24/h6-9,12-15,18,20-21,24-25H,10-11,16-17H2,1-5H3,(H,29,30,31)(H,33,34,35)/b15-13+/t20-,21-,24+,25-/m1/s1. The third-order valence-corrected chi connectivity index (χ3v) is 13.6. The van der Waals surface area contributed by atoms with Gasteiger partial charge in [-0.3, -0.25) is 4.55 Å². The Morgan fingerprint density at radius 2 is 1.92 bits per heavy atom. The molecule has 8 nitrogen and oxygen atoms in total. The minimum atomic E-state index is -4.21. The molecule has 5 rings (SSSR count). The number of hydrogen-bond acceptors (Lipinski definition) is 6. The molecule has 0 amide bonds. The summed E-state index contributed by atoms with van der Waals surface area (Å²) in [5.41, 5.74) is 3.56. The molecule has 0 aliphatic heterocycles. The molecule has 38 heavy (non-hydrogen) atoms. The zero-order chi connectivity index (χ0) is 27.3. The molecule has 1 aromatic carbocycles. The summed E-state index contributed by atoms with van der Waals surface area (Å²) in [6.45, 7) is 11.0. The van der Waals surface area contributed by atoms with E-state index >= 15 is 0 Å². The van der Waals surface area contributed by atoms with Crippen LogP contribution < -0.4 is 5.32 Å². The summed E-state index contributed by atoms with van der Waals surface area (Å²) >= 11 is 0. The quantitative estimate of drug-likeness (QED) is 0.262. The molecule has 2 aliphatic carbocycles. The zero-order valence-corrected chi connectivity index (χ0v) is 24.6. The van der Waals surface area contributed by atoms with Crippen LogP contribution in [0.3, 0.4) is 0 Å². The summed E-state index contributed by atoms with van der Waals surface area (Å²) in [4.78, 5) is 9.23. The van der Waals surface area contributed by atoms with E-state index in [1.54, 1.807) is 12.4 Å². The van der Waals surface area contributed by atoms with Gasteiger partial charge >= 0.3 is 0 Å². The number of fused-ring (bicyclic) bond motifs is 2. The average molecular weight is 555 g/mol. The molecule has 0 bridgehead atoms. The SMILES string of the molecule is CC(C)(C)[Si](C)(C)O[C@@H]1C[C@H](n2ccc3c(N[C@H]4CCc5ccccc54)ncnc32)C[C@H]1/C=C/S(=O)(=O)O. The lowest BCUT2D eigenvalue weighted by Crippen LogP contribution is -2.44. The summed E-state index contributed by atoms with van der Waals surface area (Å²) in [7, 11) is -6.32. The molecule has 204 valence electrons. The Morgan fingerprint density at radius 1 is 1.16 bits per heavy atom. The average Bonchev–Trinajstić information content (AvgIpc) is 3.54. The Kier molecular flexibility index (Phi) is 7.04. The molecule has 1 fully saturated rings. The second-order valence-electron chi connectivity index (χ2n) is 12.2. The molecular formula is C28H38N4O4SSi. The van der Waals surface area contributed by atoms with E-state index in [2.05, 4.69) is 90.2 Å². The van der Waals surface area contributed by atoms with E-state index < -0.39 is 18.4 Å². The molecule has 4 atom stereocenters. The number of aryl methyl sites for hydroxylation is 1. The first-order valence-electron chi connectivity index (χ1n) is 13.3. The molecule has 0 radical (unpaired) electrons. The van der Waals surface area contributed by atoms with Gasteiger partial charge in [0.1, 0.15) is 17.8 Å². The van der Waals surface area contributed by atoms with Crippen molar-refractivity contribution >= 4 is 35.3 Å². The van der Waals surface area contributed by atoms with Crippen LogP contribution in [0.2, 0.25) is 18.1 Å². The Morgan fingerprint density at radius 3 is 2.66 bits per heavy atom. The van der Waals surface area contributed by atoms with Gasteiger partial charge in [-0.05, 0) is 61.0 Å². The van der Waals surface area contributed by atoms with Gasteiger partial charge in [0.2, 0.25) is 0 Å². The minimum Gasteiger partial charge on any atom is -0.413 e.